The third kappa shape index (κ3) is 5.88. The van der Waals surface area contributed by atoms with Gasteiger partial charge in [-0.2, -0.15) is 4.31 Å². The molecular formula is C20H22BrN3O5S. The Kier molecular flexibility index (Phi) is 7.59. The molecule has 0 aliphatic carbocycles. The summed E-state index contributed by atoms with van der Waals surface area (Å²) < 4.78 is 32.9. The van der Waals surface area contributed by atoms with Gasteiger partial charge in [-0.3, -0.25) is 9.59 Å². The van der Waals surface area contributed by atoms with Crippen molar-refractivity contribution < 1.29 is 22.7 Å². The number of carbonyl (C=O) groups excluding carboxylic acids is 2. The Morgan fingerprint density at radius 3 is 2.47 bits per heavy atom. The molecule has 160 valence electrons. The Morgan fingerprint density at radius 1 is 1.07 bits per heavy atom. The van der Waals surface area contributed by atoms with Crippen LogP contribution in [0.25, 0.3) is 0 Å². The van der Waals surface area contributed by atoms with E-state index in [-0.39, 0.29) is 29.7 Å². The molecule has 2 amide bonds. The molecule has 8 nitrogen and oxygen atoms in total. The predicted molar refractivity (Wildman–Crippen MR) is 116 cm³/mol. The molecule has 1 aliphatic rings. The third-order valence-electron chi connectivity index (χ3n) is 4.47. The Hall–Kier alpha value is -2.27. The van der Waals surface area contributed by atoms with Gasteiger partial charge in [0.05, 0.1) is 18.1 Å². The van der Waals surface area contributed by atoms with Crippen LogP contribution in [0.2, 0.25) is 0 Å². The molecule has 1 heterocycles. The lowest BCUT2D eigenvalue weighted by molar-refractivity contribution is -0.116. The van der Waals surface area contributed by atoms with E-state index in [0.29, 0.717) is 37.6 Å². The van der Waals surface area contributed by atoms with E-state index < -0.39 is 10.0 Å². The van der Waals surface area contributed by atoms with E-state index in [2.05, 4.69) is 26.6 Å². The van der Waals surface area contributed by atoms with Crippen LogP contribution in [0.3, 0.4) is 0 Å². The highest BCUT2D eigenvalue weighted by Crippen LogP contribution is 2.20. The van der Waals surface area contributed by atoms with E-state index in [1.807, 2.05) is 0 Å². The highest BCUT2D eigenvalue weighted by atomic mass is 79.9. The standard InChI is InChI=1S/C20H22BrN3O5S/c21-16-6-4-15(5-7-16)20(26)22-9-8-19(25)23-17-2-1-3-18(14-17)30(27,28)24-10-12-29-13-11-24/h1-7,14H,8-13H2,(H,22,26)(H,23,25). The molecule has 10 heteroatoms. The topological polar surface area (TPSA) is 105 Å². The van der Waals surface area contributed by atoms with Crippen LogP contribution in [0.5, 0.6) is 0 Å². The summed E-state index contributed by atoms with van der Waals surface area (Å²) >= 11 is 3.31. The van der Waals surface area contributed by atoms with E-state index >= 15 is 0 Å². The predicted octanol–water partition coefficient (Wildman–Crippen LogP) is 2.23. The van der Waals surface area contributed by atoms with Crippen molar-refractivity contribution in [1.29, 1.82) is 0 Å². The summed E-state index contributed by atoms with van der Waals surface area (Å²) in [6, 6.07) is 13.0. The second kappa shape index (κ2) is 10.2. The number of benzene rings is 2. The number of nitrogens with zero attached hydrogens (tertiary/aromatic N) is 1. The van der Waals surface area contributed by atoms with Gasteiger partial charge >= 0.3 is 0 Å². The fourth-order valence-corrected chi connectivity index (χ4v) is 4.61. The number of rotatable bonds is 7. The fourth-order valence-electron chi connectivity index (χ4n) is 2.89. The van der Waals surface area contributed by atoms with Crippen LogP contribution in [0, 0.1) is 0 Å². The smallest absolute Gasteiger partial charge is 0.251 e. The minimum atomic E-state index is -3.64. The summed E-state index contributed by atoms with van der Waals surface area (Å²) in [4.78, 5) is 24.4. The second-order valence-corrected chi connectivity index (χ2v) is 9.46. The van der Waals surface area contributed by atoms with Gasteiger partial charge in [0.1, 0.15) is 0 Å². The van der Waals surface area contributed by atoms with Gasteiger partial charge in [0.25, 0.3) is 5.91 Å². The Labute approximate surface area is 183 Å². The summed E-state index contributed by atoms with van der Waals surface area (Å²) in [6.07, 6.45) is 0.0582. The maximum Gasteiger partial charge on any atom is 0.251 e. The third-order valence-corrected chi connectivity index (χ3v) is 6.89. The van der Waals surface area contributed by atoms with Gasteiger partial charge < -0.3 is 15.4 Å². The fraction of sp³-hybridized carbons (Fsp3) is 0.300. The summed E-state index contributed by atoms with van der Waals surface area (Å²) in [5.74, 6) is -0.596. The van der Waals surface area contributed by atoms with Crippen LogP contribution in [0.15, 0.2) is 57.9 Å². The maximum atomic E-state index is 12.7. The maximum absolute atomic E-state index is 12.7. The first-order chi connectivity index (χ1) is 14.4. The number of halogens is 1. The number of ether oxygens (including phenoxy) is 1. The van der Waals surface area contributed by atoms with Crippen LogP contribution in [0.1, 0.15) is 16.8 Å². The minimum absolute atomic E-state index is 0.0582. The molecule has 2 aromatic rings. The zero-order chi connectivity index (χ0) is 21.6. The van der Waals surface area contributed by atoms with Crippen molar-refractivity contribution in [2.75, 3.05) is 38.2 Å². The first kappa shape index (κ1) is 22.4. The number of morpholine rings is 1. The Bertz CT molecular complexity index is 1010. The molecule has 0 bridgehead atoms. The lowest BCUT2D eigenvalue weighted by Crippen LogP contribution is -2.40. The van der Waals surface area contributed by atoms with Crippen molar-refractivity contribution in [1.82, 2.24) is 9.62 Å². The molecular weight excluding hydrogens is 474 g/mol. The SMILES string of the molecule is O=C(CCNC(=O)c1ccc(Br)cc1)Nc1cccc(S(=O)(=O)N2CCOCC2)c1. The largest absolute Gasteiger partial charge is 0.379 e. The summed E-state index contributed by atoms with van der Waals surface area (Å²) in [7, 11) is -3.64. The number of amides is 2. The van der Waals surface area contributed by atoms with E-state index in [4.69, 9.17) is 4.74 Å². The molecule has 3 rings (SSSR count). The molecule has 1 saturated heterocycles. The van der Waals surface area contributed by atoms with E-state index in [9.17, 15) is 18.0 Å². The van der Waals surface area contributed by atoms with Crippen LogP contribution in [0.4, 0.5) is 5.69 Å². The molecule has 2 aromatic carbocycles. The van der Waals surface area contributed by atoms with Gasteiger partial charge in [0.15, 0.2) is 0 Å². The molecule has 2 N–H and O–H groups in total. The first-order valence-corrected chi connectivity index (χ1v) is 11.6. The van der Waals surface area contributed by atoms with Crippen molar-refractivity contribution in [3.63, 3.8) is 0 Å². The second-order valence-electron chi connectivity index (χ2n) is 6.61. The normalized spacial score (nSPS) is 14.8. The van der Waals surface area contributed by atoms with Crippen LogP contribution < -0.4 is 10.6 Å². The van der Waals surface area contributed by atoms with Crippen molar-refractivity contribution in [3.8, 4) is 0 Å². The number of carbonyl (C=O) groups is 2. The van der Waals surface area contributed by atoms with Gasteiger partial charge in [0, 0.05) is 41.8 Å². The van der Waals surface area contributed by atoms with E-state index in [0.717, 1.165) is 4.47 Å². The first-order valence-electron chi connectivity index (χ1n) is 9.38. The van der Waals surface area contributed by atoms with Crippen molar-refractivity contribution >= 4 is 43.5 Å². The number of anilines is 1. The van der Waals surface area contributed by atoms with Crippen LogP contribution >= 0.6 is 15.9 Å². The monoisotopic (exact) mass is 495 g/mol. The quantitative estimate of drug-likeness (QED) is 0.612. The Morgan fingerprint density at radius 2 is 1.77 bits per heavy atom. The Balaban J connectivity index is 1.53. The van der Waals surface area contributed by atoms with Gasteiger partial charge in [-0.1, -0.05) is 22.0 Å². The zero-order valence-electron chi connectivity index (χ0n) is 16.1. The minimum Gasteiger partial charge on any atom is -0.379 e. The number of sulfonamides is 1. The molecule has 30 heavy (non-hydrogen) atoms. The number of hydrogen-bond acceptors (Lipinski definition) is 5. The molecule has 0 saturated carbocycles. The van der Waals surface area contributed by atoms with E-state index in [1.165, 1.54) is 16.4 Å². The molecule has 0 atom stereocenters. The van der Waals surface area contributed by atoms with Crippen LogP contribution in [-0.2, 0) is 19.6 Å². The summed E-state index contributed by atoms with van der Waals surface area (Å²) in [5, 5.41) is 5.36. The van der Waals surface area contributed by atoms with Crippen LogP contribution in [-0.4, -0.2) is 57.4 Å². The summed E-state index contributed by atoms with van der Waals surface area (Å²) in [6.45, 7) is 1.49. The van der Waals surface area contributed by atoms with Crippen molar-refractivity contribution in [3.05, 3.63) is 58.6 Å². The highest BCUT2D eigenvalue weighted by Gasteiger charge is 2.26. The van der Waals surface area contributed by atoms with Crippen molar-refractivity contribution in [2.24, 2.45) is 0 Å². The molecule has 0 unspecified atom stereocenters. The highest BCUT2D eigenvalue weighted by molar-refractivity contribution is 9.10. The van der Waals surface area contributed by atoms with Gasteiger partial charge in [-0.15, -0.1) is 0 Å². The lowest BCUT2D eigenvalue weighted by atomic mass is 10.2. The van der Waals surface area contributed by atoms with E-state index in [1.54, 1.807) is 36.4 Å². The molecule has 1 aliphatic heterocycles. The van der Waals surface area contributed by atoms with Gasteiger partial charge in [0.2, 0.25) is 15.9 Å². The molecule has 0 spiro atoms. The van der Waals surface area contributed by atoms with Gasteiger partial charge in [-0.05, 0) is 42.5 Å². The average molecular weight is 496 g/mol. The molecule has 0 aromatic heterocycles. The van der Waals surface area contributed by atoms with Crippen molar-refractivity contribution in [2.45, 2.75) is 11.3 Å². The molecule has 1 fully saturated rings. The zero-order valence-corrected chi connectivity index (χ0v) is 18.5. The molecule has 0 radical (unpaired) electrons. The lowest BCUT2D eigenvalue weighted by Gasteiger charge is -2.26. The number of hydrogen-bond donors (Lipinski definition) is 2. The van der Waals surface area contributed by atoms with Gasteiger partial charge in [-0.25, -0.2) is 8.42 Å². The number of nitrogens with one attached hydrogen (secondary N) is 2. The summed E-state index contributed by atoms with van der Waals surface area (Å²) in [5.41, 5.74) is 0.883. The average Bonchev–Trinajstić information content (AvgIpc) is 2.75.